The molecule has 0 saturated carbocycles. The van der Waals surface area contributed by atoms with Gasteiger partial charge in [0.05, 0.1) is 22.6 Å². The number of carboxylic acids is 4. The highest BCUT2D eigenvalue weighted by atomic mass is 16.6. The Labute approximate surface area is 168 Å². The van der Waals surface area contributed by atoms with Crippen LogP contribution in [0, 0.1) is 5.92 Å². The summed E-state index contributed by atoms with van der Waals surface area (Å²) >= 11 is 0. The maximum atomic E-state index is 12.2. The van der Waals surface area contributed by atoms with Gasteiger partial charge in [0.1, 0.15) is 6.10 Å². The monoisotopic (exact) mass is 424 g/mol. The fourth-order valence-electron chi connectivity index (χ4n) is 2.99. The van der Waals surface area contributed by atoms with Crippen molar-refractivity contribution in [3.05, 3.63) is 48.1 Å². The molecule has 3 unspecified atom stereocenters. The van der Waals surface area contributed by atoms with E-state index in [-0.39, 0.29) is 6.08 Å². The van der Waals surface area contributed by atoms with Gasteiger partial charge >= 0.3 is 35.8 Å². The third-order valence-corrected chi connectivity index (χ3v) is 4.10. The van der Waals surface area contributed by atoms with E-state index in [1.807, 2.05) is 0 Å². The Morgan fingerprint density at radius 2 is 1.50 bits per heavy atom. The molecule has 1 aliphatic carbocycles. The van der Waals surface area contributed by atoms with Crippen molar-refractivity contribution in [1.82, 2.24) is 0 Å². The number of carbonyl (C=O) groups is 6. The second kappa shape index (κ2) is 8.86. The molecule has 0 saturated heterocycles. The zero-order chi connectivity index (χ0) is 23.4. The van der Waals surface area contributed by atoms with Crippen LogP contribution in [0.5, 0.6) is 0 Å². The SMILES string of the molecule is C=CC(=O)OC(C)C1C(C(=O)O)=C(C(=O)O)C=C(C(=O)O)C1(OC(=O)C=C)C(=O)O. The Bertz CT molecular complexity index is 921. The van der Waals surface area contributed by atoms with Gasteiger partial charge in [-0.05, 0) is 13.0 Å². The van der Waals surface area contributed by atoms with Crippen LogP contribution in [-0.2, 0) is 38.2 Å². The Morgan fingerprint density at radius 3 is 1.87 bits per heavy atom. The van der Waals surface area contributed by atoms with E-state index in [0.717, 1.165) is 6.92 Å². The van der Waals surface area contributed by atoms with Gasteiger partial charge in [-0.2, -0.15) is 0 Å². The smallest absolute Gasteiger partial charge is 0.354 e. The Balaban J connectivity index is 4.10. The molecular weight excluding hydrogens is 408 g/mol. The topological polar surface area (TPSA) is 202 Å². The van der Waals surface area contributed by atoms with Crippen molar-refractivity contribution >= 4 is 35.8 Å². The summed E-state index contributed by atoms with van der Waals surface area (Å²) in [7, 11) is 0. The van der Waals surface area contributed by atoms with Crippen LogP contribution in [0.3, 0.4) is 0 Å². The van der Waals surface area contributed by atoms with Crippen LogP contribution in [0.4, 0.5) is 0 Å². The van der Waals surface area contributed by atoms with Gasteiger partial charge in [0, 0.05) is 12.2 Å². The fourth-order valence-corrected chi connectivity index (χ4v) is 2.99. The van der Waals surface area contributed by atoms with Crippen molar-refractivity contribution in [2.75, 3.05) is 0 Å². The number of hydrogen-bond donors (Lipinski definition) is 4. The van der Waals surface area contributed by atoms with Crippen molar-refractivity contribution in [3.8, 4) is 0 Å². The molecule has 1 rings (SSSR count). The summed E-state index contributed by atoms with van der Waals surface area (Å²) in [4.78, 5) is 71.0. The molecule has 30 heavy (non-hydrogen) atoms. The first kappa shape index (κ1) is 23.8. The van der Waals surface area contributed by atoms with Crippen LogP contribution in [0.15, 0.2) is 48.1 Å². The fraction of sp³-hybridized carbons (Fsp3) is 0.222. The summed E-state index contributed by atoms with van der Waals surface area (Å²) in [6, 6.07) is 0. The lowest BCUT2D eigenvalue weighted by Gasteiger charge is -2.41. The summed E-state index contributed by atoms with van der Waals surface area (Å²) in [5.41, 5.74) is -6.81. The molecule has 0 fully saturated rings. The van der Waals surface area contributed by atoms with Gasteiger partial charge in [-0.25, -0.2) is 28.8 Å². The molecular formula is C18H16O12. The zero-order valence-corrected chi connectivity index (χ0v) is 15.4. The molecule has 0 aromatic heterocycles. The van der Waals surface area contributed by atoms with E-state index in [1.54, 1.807) is 0 Å². The molecule has 0 heterocycles. The molecule has 0 radical (unpaired) electrons. The van der Waals surface area contributed by atoms with Crippen molar-refractivity contribution in [2.24, 2.45) is 5.92 Å². The molecule has 1 aliphatic rings. The van der Waals surface area contributed by atoms with Gasteiger partial charge in [0.25, 0.3) is 5.60 Å². The van der Waals surface area contributed by atoms with Crippen LogP contribution in [0.25, 0.3) is 0 Å². The van der Waals surface area contributed by atoms with E-state index >= 15 is 0 Å². The molecule has 4 N–H and O–H groups in total. The van der Waals surface area contributed by atoms with Gasteiger partial charge < -0.3 is 29.9 Å². The van der Waals surface area contributed by atoms with Crippen molar-refractivity contribution in [1.29, 1.82) is 0 Å². The molecule has 0 aliphatic heterocycles. The van der Waals surface area contributed by atoms with E-state index < -0.39 is 70.2 Å². The Morgan fingerprint density at radius 1 is 0.967 bits per heavy atom. The first-order valence-electron chi connectivity index (χ1n) is 7.93. The lowest BCUT2D eigenvalue weighted by atomic mass is 9.68. The molecule has 0 amide bonds. The number of esters is 2. The molecule has 0 spiro atoms. The van der Waals surface area contributed by atoms with Crippen molar-refractivity contribution in [2.45, 2.75) is 18.6 Å². The number of aliphatic carboxylic acids is 4. The maximum Gasteiger partial charge on any atom is 0.354 e. The van der Waals surface area contributed by atoms with Crippen LogP contribution in [0.2, 0.25) is 0 Å². The standard InChI is InChI=1S/C18H16O12/c1-4-10(19)29-7(3)13-12(16(25)26)8(14(21)22)6-9(15(23)24)18(13,17(27)28)30-11(20)5-2/h4-7,13H,1-2H2,3H3,(H,21,22)(H,23,24)(H,25,26)(H,27,28). The third kappa shape index (κ3) is 4.11. The number of rotatable bonds is 9. The summed E-state index contributed by atoms with van der Waals surface area (Å²) < 4.78 is 9.66. The van der Waals surface area contributed by atoms with E-state index in [4.69, 9.17) is 9.47 Å². The summed E-state index contributed by atoms with van der Waals surface area (Å²) in [5, 5.41) is 38.3. The zero-order valence-electron chi connectivity index (χ0n) is 15.4. The van der Waals surface area contributed by atoms with E-state index in [0.29, 0.717) is 12.2 Å². The van der Waals surface area contributed by atoms with E-state index in [9.17, 15) is 49.2 Å². The van der Waals surface area contributed by atoms with E-state index in [2.05, 4.69) is 13.2 Å². The van der Waals surface area contributed by atoms with Gasteiger partial charge in [-0.1, -0.05) is 13.2 Å². The second-order valence-electron chi connectivity index (χ2n) is 5.79. The molecule has 0 bridgehead atoms. The van der Waals surface area contributed by atoms with Crippen LogP contribution >= 0.6 is 0 Å². The lowest BCUT2D eigenvalue weighted by molar-refractivity contribution is -0.184. The largest absolute Gasteiger partial charge is 0.478 e. The minimum atomic E-state index is -3.27. The number of carboxylic acid groups (broad SMARTS) is 4. The molecule has 160 valence electrons. The average Bonchev–Trinajstić information content (AvgIpc) is 2.65. The average molecular weight is 424 g/mol. The molecule has 12 heteroatoms. The second-order valence-corrected chi connectivity index (χ2v) is 5.79. The van der Waals surface area contributed by atoms with Gasteiger partial charge in [0.15, 0.2) is 0 Å². The highest BCUT2D eigenvalue weighted by Gasteiger charge is 2.63. The van der Waals surface area contributed by atoms with Crippen LogP contribution in [0.1, 0.15) is 6.92 Å². The Kier molecular flexibility index (Phi) is 7.03. The van der Waals surface area contributed by atoms with Crippen molar-refractivity contribution in [3.63, 3.8) is 0 Å². The first-order chi connectivity index (χ1) is 13.8. The molecule has 12 nitrogen and oxygen atoms in total. The summed E-state index contributed by atoms with van der Waals surface area (Å²) in [5.74, 6) is -13.0. The number of ether oxygens (including phenoxy) is 2. The number of carbonyl (C=O) groups excluding carboxylic acids is 2. The lowest BCUT2D eigenvalue weighted by Crippen LogP contribution is -2.59. The normalized spacial score (nSPS) is 21.5. The minimum absolute atomic E-state index is 0.261. The van der Waals surface area contributed by atoms with Crippen molar-refractivity contribution < 1.29 is 58.7 Å². The summed E-state index contributed by atoms with van der Waals surface area (Å²) in [6.07, 6.45) is -0.406. The van der Waals surface area contributed by atoms with Gasteiger partial charge in [-0.15, -0.1) is 0 Å². The predicted molar refractivity (Wildman–Crippen MR) is 93.9 cm³/mol. The van der Waals surface area contributed by atoms with Crippen LogP contribution in [-0.4, -0.2) is 67.9 Å². The number of hydrogen-bond acceptors (Lipinski definition) is 8. The quantitative estimate of drug-likeness (QED) is 0.280. The first-order valence-corrected chi connectivity index (χ1v) is 7.93. The highest BCUT2D eigenvalue weighted by molar-refractivity contribution is 6.10. The third-order valence-electron chi connectivity index (χ3n) is 4.10. The highest BCUT2D eigenvalue weighted by Crippen LogP contribution is 2.44. The Hall–Kier alpha value is -4.22. The van der Waals surface area contributed by atoms with E-state index in [1.165, 1.54) is 0 Å². The predicted octanol–water partition coefficient (Wildman–Crippen LogP) is -0.237. The van der Waals surface area contributed by atoms with Gasteiger partial charge in [-0.3, -0.25) is 0 Å². The van der Waals surface area contributed by atoms with Gasteiger partial charge in [0.2, 0.25) is 0 Å². The molecule has 3 atom stereocenters. The maximum absolute atomic E-state index is 12.2. The molecule has 0 aromatic carbocycles. The molecule has 0 aromatic rings. The van der Waals surface area contributed by atoms with Crippen LogP contribution < -0.4 is 0 Å². The summed E-state index contributed by atoms with van der Waals surface area (Å²) in [6.45, 7) is 7.15. The minimum Gasteiger partial charge on any atom is -0.478 e.